The highest BCUT2D eigenvalue weighted by Gasteiger charge is 2.43. The van der Waals surface area contributed by atoms with Crippen LogP contribution in [0.2, 0.25) is 0 Å². The summed E-state index contributed by atoms with van der Waals surface area (Å²) in [4.78, 5) is 11.4. The van der Waals surface area contributed by atoms with Crippen molar-refractivity contribution in [2.24, 2.45) is 5.41 Å². The Morgan fingerprint density at radius 2 is 2.13 bits per heavy atom. The van der Waals surface area contributed by atoms with Gasteiger partial charge in [-0.2, -0.15) is 13.2 Å². The molecule has 1 aliphatic rings. The van der Waals surface area contributed by atoms with Gasteiger partial charge in [0.25, 0.3) is 0 Å². The number of carbonyl (C=O) groups is 1. The molecule has 1 atom stereocenters. The lowest BCUT2D eigenvalue weighted by molar-refractivity contribution is -0.149. The van der Waals surface area contributed by atoms with E-state index in [4.69, 9.17) is 4.74 Å². The van der Waals surface area contributed by atoms with Crippen LogP contribution in [0.1, 0.15) is 39.0 Å². The van der Waals surface area contributed by atoms with E-state index in [2.05, 4.69) is 0 Å². The zero-order valence-corrected chi connectivity index (χ0v) is 8.69. The molecule has 1 aliphatic heterocycles. The number of hydrogen-bond acceptors (Lipinski definition) is 2. The summed E-state index contributed by atoms with van der Waals surface area (Å²) in [6.07, 6.45) is -3.54. The zero-order valence-electron chi connectivity index (χ0n) is 8.69. The minimum Gasteiger partial charge on any atom is -0.465 e. The van der Waals surface area contributed by atoms with E-state index in [1.54, 1.807) is 0 Å². The van der Waals surface area contributed by atoms with Crippen molar-refractivity contribution in [2.75, 3.05) is 6.61 Å². The first-order valence-electron chi connectivity index (χ1n) is 5.14. The maximum Gasteiger partial charge on any atom is 0.389 e. The molecule has 0 N–H and O–H groups in total. The molecular weight excluding hydrogens is 209 g/mol. The van der Waals surface area contributed by atoms with Crippen molar-refractivity contribution in [1.82, 2.24) is 0 Å². The predicted molar refractivity (Wildman–Crippen MR) is 48.2 cm³/mol. The van der Waals surface area contributed by atoms with Crippen LogP contribution in [0.15, 0.2) is 0 Å². The van der Waals surface area contributed by atoms with Crippen molar-refractivity contribution in [3.05, 3.63) is 0 Å². The van der Waals surface area contributed by atoms with Gasteiger partial charge in [-0.15, -0.1) is 0 Å². The summed E-state index contributed by atoms with van der Waals surface area (Å²) in [7, 11) is 0. The normalized spacial score (nSPS) is 26.8. The van der Waals surface area contributed by atoms with Gasteiger partial charge >= 0.3 is 12.1 Å². The van der Waals surface area contributed by atoms with Gasteiger partial charge < -0.3 is 4.74 Å². The Morgan fingerprint density at radius 3 is 2.53 bits per heavy atom. The predicted octanol–water partition coefficient (Wildman–Crippen LogP) is 3.06. The second-order valence-electron chi connectivity index (χ2n) is 3.99. The number of alkyl halides is 3. The van der Waals surface area contributed by atoms with E-state index < -0.39 is 18.0 Å². The Balaban J connectivity index is 2.44. The van der Waals surface area contributed by atoms with Gasteiger partial charge in [-0.3, -0.25) is 4.79 Å². The molecule has 5 heteroatoms. The van der Waals surface area contributed by atoms with Crippen LogP contribution in [0.25, 0.3) is 0 Å². The van der Waals surface area contributed by atoms with Crippen molar-refractivity contribution in [2.45, 2.75) is 45.2 Å². The highest BCUT2D eigenvalue weighted by Crippen LogP contribution is 2.39. The lowest BCUT2D eigenvalue weighted by atomic mass is 9.79. The zero-order chi connectivity index (χ0) is 11.5. The van der Waals surface area contributed by atoms with Gasteiger partial charge in [-0.25, -0.2) is 0 Å². The van der Waals surface area contributed by atoms with Gasteiger partial charge in [0.1, 0.15) is 0 Å². The first kappa shape index (κ1) is 12.3. The smallest absolute Gasteiger partial charge is 0.389 e. The molecule has 88 valence electrons. The van der Waals surface area contributed by atoms with Crippen molar-refractivity contribution < 1.29 is 22.7 Å². The lowest BCUT2D eigenvalue weighted by Gasteiger charge is -2.22. The first-order chi connectivity index (χ1) is 6.90. The summed E-state index contributed by atoms with van der Waals surface area (Å²) in [6.45, 7) is 2.17. The molecule has 1 saturated heterocycles. The Bertz CT molecular complexity index is 237. The number of carbonyl (C=O) groups excluding carboxylic acids is 1. The minimum absolute atomic E-state index is 0.00639. The number of esters is 1. The third-order valence-corrected chi connectivity index (χ3v) is 3.04. The molecule has 0 spiro atoms. The van der Waals surface area contributed by atoms with Crippen molar-refractivity contribution in [3.8, 4) is 0 Å². The molecule has 0 aromatic carbocycles. The second-order valence-corrected chi connectivity index (χ2v) is 3.99. The lowest BCUT2D eigenvalue weighted by Crippen LogP contribution is -2.26. The molecule has 0 radical (unpaired) electrons. The molecule has 1 rings (SSSR count). The fraction of sp³-hybridized carbons (Fsp3) is 0.900. The Kier molecular flexibility index (Phi) is 3.62. The van der Waals surface area contributed by atoms with Crippen LogP contribution in [0.3, 0.4) is 0 Å². The summed E-state index contributed by atoms with van der Waals surface area (Å²) >= 11 is 0. The van der Waals surface area contributed by atoms with E-state index in [0.717, 1.165) is 0 Å². The van der Waals surface area contributed by atoms with Crippen LogP contribution >= 0.6 is 0 Å². The molecule has 1 unspecified atom stereocenters. The Hall–Kier alpha value is -0.740. The SMILES string of the molecule is CCC1(CCCC(F)(F)F)CCOC1=O. The maximum atomic E-state index is 11.9. The third kappa shape index (κ3) is 3.11. The van der Waals surface area contributed by atoms with E-state index in [0.29, 0.717) is 19.4 Å². The van der Waals surface area contributed by atoms with E-state index in [-0.39, 0.29) is 18.8 Å². The molecule has 0 saturated carbocycles. The molecule has 0 bridgehead atoms. The molecule has 2 nitrogen and oxygen atoms in total. The topological polar surface area (TPSA) is 26.3 Å². The molecule has 0 amide bonds. The summed E-state index contributed by atoms with van der Waals surface area (Å²) in [5.74, 6) is -0.327. The fourth-order valence-electron chi connectivity index (χ4n) is 1.95. The van der Waals surface area contributed by atoms with Crippen LogP contribution in [0.5, 0.6) is 0 Å². The summed E-state index contributed by atoms with van der Waals surface area (Å²) in [6, 6.07) is 0. The fourth-order valence-corrected chi connectivity index (χ4v) is 1.95. The van der Waals surface area contributed by atoms with Crippen LogP contribution in [-0.2, 0) is 9.53 Å². The van der Waals surface area contributed by atoms with E-state index in [1.807, 2.05) is 6.92 Å². The van der Waals surface area contributed by atoms with Gasteiger partial charge in [0, 0.05) is 6.42 Å². The molecule has 1 heterocycles. The second kappa shape index (κ2) is 4.41. The van der Waals surface area contributed by atoms with E-state index in [1.165, 1.54) is 0 Å². The van der Waals surface area contributed by atoms with Crippen LogP contribution in [-0.4, -0.2) is 18.8 Å². The third-order valence-electron chi connectivity index (χ3n) is 3.04. The highest BCUT2D eigenvalue weighted by molar-refractivity contribution is 5.78. The molecule has 15 heavy (non-hydrogen) atoms. The monoisotopic (exact) mass is 224 g/mol. The van der Waals surface area contributed by atoms with Crippen LogP contribution in [0, 0.1) is 5.41 Å². The van der Waals surface area contributed by atoms with E-state index >= 15 is 0 Å². The van der Waals surface area contributed by atoms with Crippen molar-refractivity contribution in [1.29, 1.82) is 0 Å². The highest BCUT2D eigenvalue weighted by atomic mass is 19.4. The number of cyclic esters (lactones) is 1. The van der Waals surface area contributed by atoms with Crippen LogP contribution < -0.4 is 0 Å². The van der Waals surface area contributed by atoms with Gasteiger partial charge in [0.05, 0.1) is 12.0 Å². The molecule has 0 aliphatic carbocycles. The van der Waals surface area contributed by atoms with Crippen molar-refractivity contribution >= 4 is 5.97 Å². The number of hydrogen-bond donors (Lipinski definition) is 0. The Labute approximate surface area is 86.8 Å². The van der Waals surface area contributed by atoms with Gasteiger partial charge in [0.15, 0.2) is 0 Å². The van der Waals surface area contributed by atoms with Gasteiger partial charge in [-0.05, 0) is 25.7 Å². The number of ether oxygens (including phenoxy) is 1. The molecular formula is C10H15F3O2. The largest absolute Gasteiger partial charge is 0.465 e. The molecule has 0 aromatic rings. The summed E-state index contributed by atoms with van der Waals surface area (Å²) in [5.41, 5.74) is -0.648. The van der Waals surface area contributed by atoms with Crippen LogP contribution in [0.4, 0.5) is 13.2 Å². The summed E-state index contributed by atoms with van der Waals surface area (Å²) in [5, 5.41) is 0. The average molecular weight is 224 g/mol. The first-order valence-corrected chi connectivity index (χ1v) is 5.14. The molecule has 1 fully saturated rings. The Morgan fingerprint density at radius 1 is 1.47 bits per heavy atom. The van der Waals surface area contributed by atoms with Gasteiger partial charge in [-0.1, -0.05) is 6.92 Å². The quantitative estimate of drug-likeness (QED) is 0.686. The van der Waals surface area contributed by atoms with Gasteiger partial charge in [0.2, 0.25) is 0 Å². The van der Waals surface area contributed by atoms with Crippen molar-refractivity contribution in [3.63, 3.8) is 0 Å². The van der Waals surface area contributed by atoms with E-state index in [9.17, 15) is 18.0 Å². The molecule has 0 aromatic heterocycles. The minimum atomic E-state index is -4.13. The summed E-state index contributed by atoms with van der Waals surface area (Å²) < 4.78 is 40.6. The number of halogens is 3. The number of rotatable bonds is 4. The standard InChI is InChI=1S/C10H15F3O2/c1-2-9(6-7-15-8(9)14)4-3-5-10(11,12)13/h2-7H2,1H3. The average Bonchev–Trinajstić information content (AvgIpc) is 2.46. The maximum absolute atomic E-state index is 11.9.